The van der Waals surface area contributed by atoms with Crippen molar-refractivity contribution in [3.05, 3.63) is 35.8 Å². The lowest BCUT2D eigenvalue weighted by Gasteiger charge is -2.02. The summed E-state index contributed by atoms with van der Waals surface area (Å²) in [5.41, 5.74) is 0.597. The topological polar surface area (TPSA) is 68.3 Å². The van der Waals surface area contributed by atoms with Crippen LogP contribution in [0.25, 0.3) is 6.08 Å². The first kappa shape index (κ1) is 12.1. The third kappa shape index (κ3) is 4.02. The lowest BCUT2D eigenvalue weighted by atomic mass is 10.3. The number of methoxy groups -OCH3 is 1. The van der Waals surface area contributed by atoms with Gasteiger partial charge in [0.25, 0.3) is 6.29 Å². The highest BCUT2D eigenvalue weighted by atomic mass is 16.5. The van der Waals surface area contributed by atoms with Gasteiger partial charge >= 0.3 is 0 Å². The molecule has 83 valence electrons. The number of rotatable bonds is 5. The van der Waals surface area contributed by atoms with Gasteiger partial charge in [0.05, 0.1) is 11.4 Å². The van der Waals surface area contributed by atoms with Gasteiger partial charge in [0.1, 0.15) is 6.61 Å². The van der Waals surface area contributed by atoms with Crippen LogP contribution in [0.4, 0.5) is 0 Å². The Morgan fingerprint density at radius 1 is 1.62 bits per heavy atom. The predicted octanol–water partition coefficient (Wildman–Crippen LogP) is 0.295. The summed E-state index contributed by atoms with van der Waals surface area (Å²) in [5, 5.41) is 2.35. The van der Waals surface area contributed by atoms with E-state index in [1.165, 1.54) is 13.2 Å². The number of hydrogen-bond donors (Lipinski definition) is 1. The third-order valence-electron chi connectivity index (χ3n) is 1.64. The van der Waals surface area contributed by atoms with Crippen molar-refractivity contribution in [3.8, 4) is 0 Å². The average Bonchev–Trinajstić information content (AvgIpc) is 2.30. The van der Waals surface area contributed by atoms with Gasteiger partial charge in [0, 0.05) is 13.3 Å². The van der Waals surface area contributed by atoms with Crippen LogP contribution in [0.3, 0.4) is 0 Å². The number of nitrogens with zero attached hydrogens (tertiary/aromatic N) is 1. The predicted molar refractivity (Wildman–Crippen MR) is 57.9 cm³/mol. The molecule has 1 aromatic heterocycles. The van der Waals surface area contributed by atoms with E-state index < -0.39 is 5.91 Å². The van der Waals surface area contributed by atoms with Crippen molar-refractivity contribution in [2.75, 3.05) is 13.7 Å². The highest BCUT2D eigenvalue weighted by Gasteiger charge is 2.04. The van der Waals surface area contributed by atoms with Crippen molar-refractivity contribution in [1.29, 1.82) is 0 Å². The molecular formula is C11H11N2O3. The van der Waals surface area contributed by atoms with E-state index in [0.29, 0.717) is 5.69 Å². The minimum atomic E-state index is -0.409. The van der Waals surface area contributed by atoms with Gasteiger partial charge in [-0.25, -0.2) is 0 Å². The first-order valence-corrected chi connectivity index (χ1v) is 4.56. The molecule has 0 spiro atoms. The molecule has 0 bridgehead atoms. The third-order valence-corrected chi connectivity index (χ3v) is 1.64. The highest BCUT2D eigenvalue weighted by molar-refractivity contribution is 5.90. The second-order valence-electron chi connectivity index (χ2n) is 2.90. The van der Waals surface area contributed by atoms with Gasteiger partial charge in [0.15, 0.2) is 0 Å². The van der Waals surface area contributed by atoms with Crippen molar-refractivity contribution >= 4 is 18.3 Å². The molecule has 1 aromatic rings. The summed E-state index contributed by atoms with van der Waals surface area (Å²) in [6.07, 6.45) is 4.64. The number of aromatic nitrogens is 1. The number of carbonyl (C=O) groups excluding carboxylic acids is 2. The molecule has 1 heterocycles. The van der Waals surface area contributed by atoms with Crippen LogP contribution in [0.5, 0.6) is 0 Å². The maximum absolute atomic E-state index is 11.1. The summed E-state index contributed by atoms with van der Waals surface area (Å²) < 4.78 is 4.61. The molecule has 5 heteroatoms. The number of amides is 1. The molecular weight excluding hydrogens is 208 g/mol. The Morgan fingerprint density at radius 2 is 2.44 bits per heavy atom. The summed E-state index contributed by atoms with van der Waals surface area (Å²) in [6.45, 7) is -0.110. The standard InChI is InChI=1S/C11H11N2O3/c1-16-8-11(15)13-10(7-14)6-9-4-2-3-5-12-9/h2-6H,8H2,1H3,(H,13,15)/b10-6+. The van der Waals surface area contributed by atoms with Gasteiger partial charge < -0.3 is 10.1 Å². The van der Waals surface area contributed by atoms with Crippen molar-refractivity contribution in [2.24, 2.45) is 0 Å². The second kappa shape index (κ2) is 6.47. The van der Waals surface area contributed by atoms with Gasteiger partial charge in [-0.1, -0.05) is 6.07 Å². The van der Waals surface area contributed by atoms with Crippen LogP contribution in [0.15, 0.2) is 30.1 Å². The highest BCUT2D eigenvalue weighted by Crippen LogP contribution is 1.99. The fraction of sp³-hybridized carbons (Fsp3) is 0.182. The van der Waals surface area contributed by atoms with E-state index in [1.54, 1.807) is 30.7 Å². The maximum atomic E-state index is 11.1. The zero-order valence-electron chi connectivity index (χ0n) is 8.77. The van der Waals surface area contributed by atoms with Crippen LogP contribution >= 0.6 is 0 Å². The van der Waals surface area contributed by atoms with Crippen LogP contribution < -0.4 is 5.32 Å². The molecule has 1 amide bonds. The van der Waals surface area contributed by atoms with Crippen LogP contribution in [0.1, 0.15) is 5.69 Å². The molecule has 0 saturated carbocycles. The van der Waals surface area contributed by atoms with E-state index in [2.05, 4.69) is 15.0 Å². The Kier molecular flexibility index (Phi) is 4.88. The summed E-state index contributed by atoms with van der Waals surface area (Å²) in [4.78, 5) is 25.7. The van der Waals surface area contributed by atoms with Gasteiger partial charge in [-0.3, -0.25) is 14.6 Å². The van der Waals surface area contributed by atoms with E-state index in [1.807, 2.05) is 0 Å². The molecule has 1 rings (SSSR count). The first-order valence-electron chi connectivity index (χ1n) is 4.56. The normalized spacial score (nSPS) is 10.9. The van der Waals surface area contributed by atoms with Gasteiger partial charge in [0.2, 0.25) is 5.91 Å². The van der Waals surface area contributed by atoms with E-state index >= 15 is 0 Å². The van der Waals surface area contributed by atoms with Crippen LogP contribution in [0.2, 0.25) is 0 Å². The Hall–Kier alpha value is -2.01. The SMILES string of the molecule is COCC(=O)N/C([C]=O)=C/c1ccccn1. The Morgan fingerprint density at radius 3 is 3.00 bits per heavy atom. The molecule has 0 fully saturated rings. The molecule has 0 aliphatic heterocycles. The monoisotopic (exact) mass is 219 g/mol. The number of allylic oxidation sites excluding steroid dienone is 1. The van der Waals surface area contributed by atoms with Gasteiger partial charge in [-0.05, 0) is 18.2 Å². The van der Waals surface area contributed by atoms with Crippen LogP contribution in [-0.4, -0.2) is 30.9 Å². The van der Waals surface area contributed by atoms with E-state index in [-0.39, 0.29) is 12.3 Å². The molecule has 1 N–H and O–H groups in total. The smallest absolute Gasteiger partial charge is 0.251 e. The first-order chi connectivity index (χ1) is 7.76. The number of hydrogen-bond acceptors (Lipinski definition) is 4. The molecule has 0 aromatic carbocycles. The van der Waals surface area contributed by atoms with E-state index in [9.17, 15) is 9.59 Å². The Bertz CT molecular complexity index is 387. The lowest BCUT2D eigenvalue weighted by Crippen LogP contribution is -2.27. The van der Waals surface area contributed by atoms with Crippen molar-refractivity contribution in [2.45, 2.75) is 0 Å². The summed E-state index contributed by atoms with van der Waals surface area (Å²) in [6, 6.07) is 5.24. The fourth-order valence-electron chi connectivity index (χ4n) is 1.02. The van der Waals surface area contributed by atoms with Crippen LogP contribution in [-0.2, 0) is 14.3 Å². The summed E-state index contributed by atoms with van der Waals surface area (Å²) >= 11 is 0. The van der Waals surface area contributed by atoms with Crippen molar-refractivity contribution in [1.82, 2.24) is 10.3 Å². The number of pyridine rings is 1. The minimum Gasteiger partial charge on any atom is -0.375 e. The number of ether oxygens (including phenoxy) is 1. The van der Waals surface area contributed by atoms with Crippen molar-refractivity contribution in [3.63, 3.8) is 0 Å². The number of nitrogens with one attached hydrogen (secondary N) is 1. The largest absolute Gasteiger partial charge is 0.375 e. The van der Waals surface area contributed by atoms with E-state index in [4.69, 9.17) is 0 Å². The zero-order chi connectivity index (χ0) is 11.8. The molecule has 0 atom stereocenters. The van der Waals surface area contributed by atoms with Crippen LogP contribution in [0, 0.1) is 0 Å². The van der Waals surface area contributed by atoms with Gasteiger partial charge in [-0.15, -0.1) is 0 Å². The lowest BCUT2D eigenvalue weighted by molar-refractivity contribution is -0.123. The molecule has 5 nitrogen and oxygen atoms in total. The molecule has 0 aliphatic carbocycles. The Balaban J connectivity index is 2.71. The molecule has 16 heavy (non-hydrogen) atoms. The Labute approximate surface area is 93.1 Å². The van der Waals surface area contributed by atoms with Gasteiger partial charge in [-0.2, -0.15) is 0 Å². The number of carbonyl (C=O) groups is 1. The minimum absolute atomic E-state index is 0.0285. The van der Waals surface area contributed by atoms with Crippen molar-refractivity contribution < 1.29 is 14.3 Å². The summed E-state index contributed by atoms with van der Waals surface area (Å²) in [7, 11) is 1.40. The van der Waals surface area contributed by atoms with E-state index in [0.717, 1.165) is 0 Å². The maximum Gasteiger partial charge on any atom is 0.251 e. The quantitative estimate of drug-likeness (QED) is 0.723. The summed E-state index contributed by atoms with van der Waals surface area (Å²) in [5.74, 6) is -0.409. The molecule has 0 unspecified atom stereocenters. The fourth-order valence-corrected chi connectivity index (χ4v) is 1.02. The molecule has 1 radical (unpaired) electrons. The molecule has 0 aliphatic rings. The molecule has 0 saturated heterocycles. The second-order valence-corrected chi connectivity index (χ2v) is 2.90. The average molecular weight is 219 g/mol. The zero-order valence-corrected chi connectivity index (χ0v) is 8.77.